The average Bonchev–Trinajstić information content (AvgIpc) is 3.78. The van der Waals surface area contributed by atoms with Crippen LogP contribution >= 0.6 is 46.7 Å². The van der Waals surface area contributed by atoms with Crippen LogP contribution in [0.1, 0.15) is 47.8 Å². The molecule has 0 aliphatic carbocycles. The maximum Gasteiger partial charge on any atom is 0.227 e. The number of amides is 2. The van der Waals surface area contributed by atoms with Crippen LogP contribution in [0.25, 0.3) is 21.5 Å². The van der Waals surface area contributed by atoms with Crippen molar-refractivity contribution in [2.24, 2.45) is 0 Å². The minimum Gasteiger partial charge on any atom is -0.311 e. The summed E-state index contributed by atoms with van der Waals surface area (Å²) in [5.41, 5.74) is 5.64. The summed E-state index contributed by atoms with van der Waals surface area (Å²) >= 11 is 16.9. The number of hydrogen-bond acceptors (Lipinski definition) is 4. The first kappa shape index (κ1) is 29.3. The van der Waals surface area contributed by atoms with Crippen LogP contribution in [0, 0.1) is 0 Å². The van der Waals surface area contributed by atoms with E-state index < -0.39 is 0 Å². The normalized spacial score (nSPS) is 21.1. The standard InChI is InChI=1S/C35H34Cl2N2O2S2/c36-16-24-18-38(30-13-12-22-6-1-2-8-28(22)34(24)30)32(40)10-5-11-33(41)39-19-25(17-37)35-29-9-4-3-7-27(29)23(15-31(35)39)14-26-20-42-21-43-26/h1-4,6-9,12-13,15,24-26H,5,10-11,14,16-21H2/t24-,25+,26-/m0/s1. The van der Waals surface area contributed by atoms with E-state index in [0.717, 1.165) is 39.2 Å². The Balaban J connectivity index is 1.08. The van der Waals surface area contributed by atoms with Gasteiger partial charge >= 0.3 is 0 Å². The monoisotopic (exact) mass is 648 g/mol. The summed E-state index contributed by atoms with van der Waals surface area (Å²) in [6.45, 7) is 1.18. The summed E-state index contributed by atoms with van der Waals surface area (Å²) in [7, 11) is 0. The zero-order valence-electron chi connectivity index (χ0n) is 23.9. The molecule has 0 spiro atoms. The van der Waals surface area contributed by atoms with Gasteiger partial charge in [0.2, 0.25) is 11.8 Å². The Morgan fingerprint density at radius 1 is 0.767 bits per heavy atom. The molecule has 4 nitrogen and oxygen atoms in total. The molecule has 3 aliphatic heterocycles. The molecule has 4 aromatic carbocycles. The van der Waals surface area contributed by atoms with Crippen molar-refractivity contribution in [1.29, 1.82) is 0 Å². The second kappa shape index (κ2) is 12.5. The number of nitrogens with zero attached hydrogens (tertiary/aromatic N) is 2. The molecule has 3 heterocycles. The van der Waals surface area contributed by atoms with E-state index in [1.165, 1.54) is 27.7 Å². The van der Waals surface area contributed by atoms with Crippen LogP contribution in [-0.2, 0) is 16.0 Å². The van der Waals surface area contributed by atoms with Crippen molar-refractivity contribution < 1.29 is 9.59 Å². The molecule has 8 heteroatoms. The predicted molar refractivity (Wildman–Crippen MR) is 186 cm³/mol. The summed E-state index contributed by atoms with van der Waals surface area (Å²) in [4.78, 5) is 31.1. The highest BCUT2D eigenvalue weighted by Crippen LogP contribution is 2.45. The van der Waals surface area contributed by atoms with E-state index in [4.69, 9.17) is 23.2 Å². The fourth-order valence-corrected chi connectivity index (χ4v) is 10.6. The molecule has 0 aromatic heterocycles. The summed E-state index contributed by atoms with van der Waals surface area (Å²) in [5, 5.41) is 6.57. The molecule has 0 radical (unpaired) electrons. The lowest BCUT2D eigenvalue weighted by atomic mass is 9.91. The Hall–Kier alpha value is -2.38. The molecule has 43 heavy (non-hydrogen) atoms. The minimum atomic E-state index is 0.0534. The zero-order chi connectivity index (χ0) is 29.5. The van der Waals surface area contributed by atoms with Crippen molar-refractivity contribution in [3.05, 3.63) is 83.4 Å². The van der Waals surface area contributed by atoms with Crippen molar-refractivity contribution in [3.8, 4) is 0 Å². The number of hydrogen-bond donors (Lipinski definition) is 0. The lowest BCUT2D eigenvalue weighted by Crippen LogP contribution is -2.32. The summed E-state index contributed by atoms with van der Waals surface area (Å²) in [5.74, 6) is 2.43. The van der Waals surface area contributed by atoms with Gasteiger partial charge in [-0.15, -0.1) is 46.7 Å². The third-order valence-corrected chi connectivity index (χ3v) is 12.8. The molecule has 4 aromatic rings. The molecule has 0 saturated carbocycles. The Kier molecular flexibility index (Phi) is 8.56. The Labute approximate surface area is 271 Å². The van der Waals surface area contributed by atoms with Gasteiger partial charge in [0.25, 0.3) is 0 Å². The molecule has 3 aliphatic rings. The Morgan fingerprint density at radius 3 is 2.07 bits per heavy atom. The molecule has 222 valence electrons. The van der Waals surface area contributed by atoms with E-state index in [2.05, 4.69) is 48.5 Å². The number of thioether (sulfide) groups is 2. The highest BCUT2D eigenvalue weighted by Gasteiger charge is 2.36. The van der Waals surface area contributed by atoms with E-state index in [1.54, 1.807) is 0 Å². The minimum absolute atomic E-state index is 0.0534. The van der Waals surface area contributed by atoms with E-state index >= 15 is 0 Å². The van der Waals surface area contributed by atoms with Gasteiger partial charge in [0.1, 0.15) is 0 Å². The third kappa shape index (κ3) is 5.43. The van der Waals surface area contributed by atoms with Gasteiger partial charge in [-0.1, -0.05) is 54.6 Å². The van der Waals surface area contributed by atoms with Crippen LogP contribution in [0.3, 0.4) is 0 Å². The topological polar surface area (TPSA) is 40.6 Å². The van der Waals surface area contributed by atoms with Gasteiger partial charge in [-0.2, -0.15) is 0 Å². The summed E-state index contributed by atoms with van der Waals surface area (Å²) in [6.07, 6.45) is 2.17. The molecular weight excluding hydrogens is 615 g/mol. The Bertz CT molecular complexity index is 1710. The van der Waals surface area contributed by atoms with Gasteiger partial charge in [-0.05, 0) is 63.2 Å². The number of carbonyl (C=O) groups excluding carboxylic acids is 2. The van der Waals surface area contributed by atoms with Crippen molar-refractivity contribution >= 4 is 91.5 Å². The molecule has 0 bridgehead atoms. The molecule has 7 rings (SSSR count). The van der Waals surface area contributed by atoms with Crippen molar-refractivity contribution in [3.63, 3.8) is 0 Å². The Morgan fingerprint density at radius 2 is 1.40 bits per heavy atom. The smallest absolute Gasteiger partial charge is 0.227 e. The quantitative estimate of drug-likeness (QED) is 0.180. The number of fused-ring (bicyclic) bond motifs is 6. The van der Waals surface area contributed by atoms with Crippen molar-refractivity contribution in [2.75, 3.05) is 45.5 Å². The van der Waals surface area contributed by atoms with Crippen LogP contribution < -0.4 is 9.80 Å². The second-order valence-corrected chi connectivity index (χ2v) is 15.1. The predicted octanol–water partition coefficient (Wildman–Crippen LogP) is 8.55. The number of alkyl halides is 2. The molecule has 1 saturated heterocycles. The zero-order valence-corrected chi connectivity index (χ0v) is 27.1. The van der Waals surface area contributed by atoms with Crippen molar-refractivity contribution in [1.82, 2.24) is 0 Å². The van der Waals surface area contributed by atoms with Gasteiger partial charge < -0.3 is 9.80 Å². The van der Waals surface area contributed by atoms with E-state index in [-0.39, 0.29) is 23.7 Å². The van der Waals surface area contributed by atoms with Gasteiger partial charge in [0, 0.05) is 77.0 Å². The first-order valence-electron chi connectivity index (χ1n) is 15.1. The highest BCUT2D eigenvalue weighted by molar-refractivity contribution is 8.19. The fraction of sp³-hybridized carbons (Fsp3) is 0.371. The van der Waals surface area contributed by atoms with Crippen LogP contribution in [-0.4, -0.2) is 52.8 Å². The van der Waals surface area contributed by atoms with E-state index in [9.17, 15) is 9.59 Å². The van der Waals surface area contributed by atoms with Gasteiger partial charge in [-0.3, -0.25) is 9.59 Å². The summed E-state index contributed by atoms with van der Waals surface area (Å²) in [6, 6.07) is 23.3. The van der Waals surface area contributed by atoms with Crippen LogP contribution in [0.5, 0.6) is 0 Å². The fourth-order valence-electron chi connectivity index (χ4n) is 7.17. The second-order valence-electron chi connectivity index (χ2n) is 11.8. The average molecular weight is 650 g/mol. The molecule has 0 unspecified atom stereocenters. The van der Waals surface area contributed by atoms with E-state index in [0.29, 0.717) is 49.4 Å². The molecule has 1 fully saturated rings. The summed E-state index contributed by atoms with van der Waals surface area (Å²) < 4.78 is 0. The molecule has 0 N–H and O–H groups in total. The van der Waals surface area contributed by atoms with E-state index in [1.807, 2.05) is 51.5 Å². The van der Waals surface area contributed by atoms with Gasteiger partial charge in [0.15, 0.2) is 0 Å². The highest BCUT2D eigenvalue weighted by atomic mass is 35.5. The lowest BCUT2D eigenvalue weighted by Gasteiger charge is -2.21. The number of anilines is 2. The first-order valence-corrected chi connectivity index (χ1v) is 18.3. The number of halogens is 2. The van der Waals surface area contributed by atoms with Crippen LogP contribution in [0.4, 0.5) is 11.4 Å². The molecule has 2 amide bonds. The number of benzene rings is 4. The van der Waals surface area contributed by atoms with Crippen molar-refractivity contribution in [2.45, 2.75) is 42.8 Å². The third-order valence-electron chi connectivity index (χ3n) is 9.20. The SMILES string of the molecule is O=C(CCCC(=O)N1C[C@@H](CCl)c2c1cc(C[C@H]1CSCS1)c1ccccc21)N1C[C@H](CCl)c2c1ccc1ccccc21. The number of carbonyl (C=O) groups is 2. The van der Waals surface area contributed by atoms with Gasteiger partial charge in [0.05, 0.1) is 0 Å². The first-order chi connectivity index (χ1) is 21.1. The van der Waals surface area contributed by atoms with Crippen LogP contribution in [0.2, 0.25) is 0 Å². The maximum absolute atomic E-state index is 13.7. The maximum atomic E-state index is 13.7. The van der Waals surface area contributed by atoms with Crippen LogP contribution in [0.15, 0.2) is 66.7 Å². The molecule has 3 atom stereocenters. The number of rotatable bonds is 8. The van der Waals surface area contributed by atoms with Gasteiger partial charge in [-0.25, -0.2) is 0 Å². The lowest BCUT2D eigenvalue weighted by molar-refractivity contribution is -0.119. The largest absolute Gasteiger partial charge is 0.311 e. The molecular formula is C35H34Cl2N2O2S2.